The maximum Gasteiger partial charge on any atom is 0.133 e. The van der Waals surface area contributed by atoms with Crippen LogP contribution in [0.4, 0.5) is 5.82 Å². The molecule has 16 heavy (non-hydrogen) atoms. The Labute approximate surface area is 94.6 Å². The normalized spacial score (nSPS) is 10.7. The minimum Gasteiger partial charge on any atom is -0.384 e. The van der Waals surface area contributed by atoms with Crippen molar-refractivity contribution >= 4 is 5.82 Å². The minimum absolute atomic E-state index is 0.268. The minimum atomic E-state index is 0.268. The highest BCUT2D eigenvalue weighted by molar-refractivity contribution is 5.61. The highest BCUT2D eigenvalue weighted by Crippen LogP contribution is 2.20. The Kier molecular flexibility index (Phi) is 2.81. The molecule has 82 valence electrons. The van der Waals surface area contributed by atoms with Crippen LogP contribution in [0.3, 0.4) is 0 Å². The van der Waals surface area contributed by atoms with E-state index in [1.54, 1.807) is 18.5 Å². The predicted molar refractivity (Wildman–Crippen MR) is 63.8 cm³/mol. The van der Waals surface area contributed by atoms with Gasteiger partial charge in [-0.25, -0.2) is 9.97 Å². The second-order valence-electron chi connectivity index (χ2n) is 3.93. The van der Waals surface area contributed by atoms with E-state index in [4.69, 9.17) is 5.73 Å². The summed E-state index contributed by atoms with van der Waals surface area (Å²) in [6, 6.07) is 5.60. The molecule has 0 fully saturated rings. The third kappa shape index (κ3) is 2.16. The molecule has 2 aromatic rings. The SMILES string of the molecule is CC(C)c1nc(N)cc(-c2ccncc2)n1. The van der Waals surface area contributed by atoms with Gasteiger partial charge in [-0.15, -0.1) is 0 Å². The summed E-state index contributed by atoms with van der Waals surface area (Å²) in [5.74, 6) is 1.54. The second kappa shape index (κ2) is 4.26. The van der Waals surface area contributed by atoms with Crippen LogP contribution in [0.1, 0.15) is 25.6 Å². The van der Waals surface area contributed by atoms with Gasteiger partial charge in [0.05, 0.1) is 5.69 Å². The molecule has 0 saturated carbocycles. The van der Waals surface area contributed by atoms with Gasteiger partial charge in [0.2, 0.25) is 0 Å². The highest BCUT2D eigenvalue weighted by Gasteiger charge is 2.07. The first-order chi connectivity index (χ1) is 7.66. The molecule has 2 N–H and O–H groups in total. The number of aromatic nitrogens is 3. The van der Waals surface area contributed by atoms with Crippen LogP contribution in [-0.4, -0.2) is 15.0 Å². The van der Waals surface area contributed by atoms with Gasteiger partial charge in [-0.3, -0.25) is 4.98 Å². The fourth-order valence-corrected chi connectivity index (χ4v) is 1.41. The zero-order valence-corrected chi connectivity index (χ0v) is 9.38. The average Bonchev–Trinajstić information content (AvgIpc) is 2.29. The third-order valence-electron chi connectivity index (χ3n) is 2.26. The lowest BCUT2D eigenvalue weighted by Gasteiger charge is -2.07. The molecule has 4 heteroatoms. The number of anilines is 1. The molecule has 0 amide bonds. The molecule has 0 atom stereocenters. The van der Waals surface area contributed by atoms with Crippen molar-refractivity contribution in [2.45, 2.75) is 19.8 Å². The Balaban J connectivity index is 2.50. The maximum atomic E-state index is 5.77. The highest BCUT2D eigenvalue weighted by atomic mass is 14.9. The van der Waals surface area contributed by atoms with Crippen LogP contribution in [0.5, 0.6) is 0 Å². The van der Waals surface area contributed by atoms with Crippen LogP contribution in [0.15, 0.2) is 30.6 Å². The smallest absolute Gasteiger partial charge is 0.133 e. The van der Waals surface area contributed by atoms with Crippen LogP contribution in [0, 0.1) is 0 Å². The maximum absolute atomic E-state index is 5.77. The molecule has 0 unspecified atom stereocenters. The van der Waals surface area contributed by atoms with Gasteiger partial charge in [0.1, 0.15) is 11.6 Å². The van der Waals surface area contributed by atoms with Gasteiger partial charge in [0.15, 0.2) is 0 Å². The standard InChI is InChI=1S/C12H14N4/c1-8(2)12-15-10(7-11(13)16-12)9-3-5-14-6-4-9/h3-8H,1-2H3,(H2,13,15,16). The van der Waals surface area contributed by atoms with E-state index in [2.05, 4.69) is 15.0 Å². The van der Waals surface area contributed by atoms with E-state index in [1.165, 1.54) is 0 Å². The summed E-state index contributed by atoms with van der Waals surface area (Å²) in [4.78, 5) is 12.7. The lowest BCUT2D eigenvalue weighted by Crippen LogP contribution is -2.02. The Morgan fingerprint density at radius 2 is 1.81 bits per heavy atom. The second-order valence-corrected chi connectivity index (χ2v) is 3.93. The third-order valence-corrected chi connectivity index (χ3v) is 2.26. The van der Waals surface area contributed by atoms with Crippen molar-refractivity contribution in [2.75, 3.05) is 5.73 Å². The fraction of sp³-hybridized carbons (Fsp3) is 0.250. The van der Waals surface area contributed by atoms with Gasteiger partial charge in [0, 0.05) is 29.9 Å². The summed E-state index contributed by atoms with van der Waals surface area (Å²) in [5, 5.41) is 0. The van der Waals surface area contributed by atoms with Crippen molar-refractivity contribution in [3.63, 3.8) is 0 Å². The Hall–Kier alpha value is -1.97. The quantitative estimate of drug-likeness (QED) is 0.832. The van der Waals surface area contributed by atoms with Crippen molar-refractivity contribution in [1.29, 1.82) is 0 Å². The van der Waals surface area contributed by atoms with Crippen molar-refractivity contribution in [2.24, 2.45) is 0 Å². The summed E-state index contributed by atoms with van der Waals surface area (Å²) >= 11 is 0. The lowest BCUT2D eigenvalue weighted by atomic mass is 10.1. The first kappa shape index (κ1) is 10.5. The number of nitrogens with two attached hydrogens (primary N) is 1. The molecule has 0 bridgehead atoms. The Morgan fingerprint density at radius 3 is 2.44 bits per heavy atom. The van der Waals surface area contributed by atoms with Crippen LogP contribution >= 0.6 is 0 Å². The van der Waals surface area contributed by atoms with Crippen LogP contribution < -0.4 is 5.73 Å². The molecule has 0 aliphatic heterocycles. The fourth-order valence-electron chi connectivity index (χ4n) is 1.41. The Bertz CT molecular complexity index is 480. The topological polar surface area (TPSA) is 64.7 Å². The molecular formula is C12H14N4. The number of rotatable bonds is 2. The van der Waals surface area contributed by atoms with E-state index in [0.29, 0.717) is 5.82 Å². The largest absolute Gasteiger partial charge is 0.384 e. The molecule has 0 radical (unpaired) electrons. The van der Waals surface area contributed by atoms with Crippen LogP contribution in [-0.2, 0) is 0 Å². The number of pyridine rings is 1. The predicted octanol–water partition coefficient (Wildman–Crippen LogP) is 2.24. The number of nitrogens with zero attached hydrogens (tertiary/aromatic N) is 3. The molecule has 0 aliphatic carbocycles. The van der Waals surface area contributed by atoms with Crippen LogP contribution in [0.2, 0.25) is 0 Å². The van der Waals surface area contributed by atoms with E-state index in [1.807, 2.05) is 26.0 Å². The van der Waals surface area contributed by atoms with E-state index < -0.39 is 0 Å². The molecule has 0 aliphatic rings. The van der Waals surface area contributed by atoms with Gasteiger partial charge in [-0.1, -0.05) is 13.8 Å². The van der Waals surface area contributed by atoms with Crippen molar-refractivity contribution in [1.82, 2.24) is 15.0 Å². The van der Waals surface area contributed by atoms with Gasteiger partial charge in [-0.2, -0.15) is 0 Å². The molecular weight excluding hydrogens is 200 g/mol. The van der Waals surface area contributed by atoms with Crippen molar-refractivity contribution in [3.8, 4) is 11.3 Å². The van der Waals surface area contributed by atoms with E-state index in [-0.39, 0.29) is 5.92 Å². The molecule has 2 aromatic heterocycles. The zero-order valence-electron chi connectivity index (χ0n) is 9.38. The molecule has 0 saturated heterocycles. The summed E-state index contributed by atoms with van der Waals surface area (Å²) in [7, 11) is 0. The average molecular weight is 214 g/mol. The van der Waals surface area contributed by atoms with Crippen molar-refractivity contribution < 1.29 is 0 Å². The van der Waals surface area contributed by atoms with Crippen molar-refractivity contribution in [3.05, 3.63) is 36.4 Å². The van der Waals surface area contributed by atoms with Gasteiger partial charge < -0.3 is 5.73 Å². The summed E-state index contributed by atoms with van der Waals surface area (Å²) in [6.07, 6.45) is 3.48. The van der Waals surface area contributed by atoms with Gasteiger partial charge in [0.25, 0.3) is 0 Å². The molecule has 0 spiro atoms. The summed E-state index contributed by atoms with van der Waals surface area (Å²) in [6.45, 7) is 4.09. The number of hydrogen-bond acceptors (Lipinski definition) is 4. The monoisotopic (exact) mass is 214 g/mol. The van der Waals surface area contributed by atoms with Crippen LogP contribution in [0.25, 0.3) is 11.3 Å². The molecule has 4 nitrogen and oxygen atoms in total. The first-order valence-corrected chi connectivity index (χ1v) is 5.21. The molecule has 2 heterocycles. The lowest BCUT2D eigenvalue weighted by molar-refractivity contribution is 0.778. The Morgan fingerprint density at radius 1 is 1.12 bits per heavy atom. The van der Waals surface area contributed by atoms with E-state index in [9.17, 15) is 0 Å². The molecule has 2 rings (SSSR count). The van der Waals surface area contributed by atoms with E-state index in [0.717, 1.165) is 17.1 Å². The summed E-state index contributed by atoms with van der Waals surface area (Å²) in [5.41, 5.74) is 7.62. The van der Waals surface area contributed by atoms with Gasteiger partial charge in [-0.05, 0) is 12.1 Å². The summed E-state index contributed by atoms with van der Waals surface area (Å²) < 4.78 is 0. The van der Waals surface area contributed by atoms with E-state index >= 15 is 0 Å². The zero-order chi connectivity index (χ0) is 11.5. The number of hydrogen-bond donors (Lipinski definition) is 1. The molecule has 0 aromatic carbocycles. The van der Waals surface area contributed by atoms with Gasteiger partial charge >= 0.3 is 0 Å². The number of nitrogen functional groups attached to an aromatic ring is 1. The first-order valence-electron chi connectivity index (χ1n) is 5.21.